The van der Waals surface area contributed by atoms with Crippen molar-refractivity contribution < 1.29 is 28.7 Å². The average Bonchev–Trinajstić information content (AvgIpc) is 3.38. The van der Waals surface area contributed by atoms with E-state index in [1.54, 1.807) is 65.8 Å². The highest BCUT2D eigenvalue weighted by Gasteiger charge is 2.35. The molecule has 0 fully saturated rings. The second-order valence-electron chi connectivity index (χ2n) is 13.0. The minimum atomic E-state index is -0.670. The Morgan fingerprint density at radius 2 is 1.09 bits per heavy atom. The summed E-state index contributed by atoms with van der Waals surface area (Å²) in [6, 6.07) is 24.4. The molecule has 0 spiro atoms. The number of carbonyl (C=O) groups excluding carboxylic acids is 4. The first kappa shape index (κ1) is 32.7. The lowest BCUT2D eigenvalue weighted by Crippen LogP contribution is -2.25. The van der Waals surface area contributed by atoms with Gasteiger partial charge in [0, 0.05) is 28.0 Å². The van der Waals surface area contributed by atoms with Crippen LogP contribution in [-0.2, 0) is 9.47 Å². The number of benzene rings is 4. The number of carbonyl (C=O) groups is 4. The van der Waals surface area contributed by atoms with Crippen LogP contribution in [0.3, 0.4) is 0 Å². The zero-order valence-electron chi connectivity index (χ0n) is 27.1. The molecule has 0 saturated heterocycles. The fourth-order valence-corrected chi connectivity index (χ4v) is 6.40. The molecular formula is C38H37NO6S. The molecule has 1 aliphatic heterocycles. The first-order chi connectivity index (χ1) is 21.7. The summed E-state index contributed by atoms with van der Waals surface area (Å²) in [6.07, 6.45) is 0. The number of ketones is 2. The number of rotatable bonds is 7. The summed E-state index contributed by atoms with van der Waals surface area (Å²) < 4.78 is 10.9. The number of thioether (sulfide) groups is 1. The normalized spacial score (nSPS) is 12.9. The SMILES string of the molecule is CCN1C(=C(C(=O)c2ccc(C(=O)OC(C)(C)C)cc2)C(=O)c2ccc(C(=O)OC(C)(C)C)cc2)Sc2ccc3ccccc3c21. The Hall–Kier alpha value is -4.69. The van der Waals surface area contributed by atoms with Crippen LogP contribution in [-0.4, -0.2) is 41.3 Å². The van der Waals surface area contributed by atoms with Crippen LogP contribution in [0.1, 0.15) is 89.9 Å². The van der Waals surface area contributed by atoms with E-state index in [0.717, 1.165) is 21.4 Å². The molecule has 236 valence electrons. The molecule has 0 atom stereocenters. The van der Waals surface area contributed by atoms with E-state index in [2.05, 4.69) is 0 Å². The molecule has 8 heteroatoms. The molecule has 4 aromatic carbocycles. The molecule has 0 aromatic heterocycles. The van der Waals surface area contributed by atoms with Gasteiger partial charge in [-0.05, 0) is 84.2 Å². The first-order valence-corrected chi connectivity index (χ1v) is 16.0. The maximum Gasteiger partial charge on any atom is 0.338 e. The van der Waals surface area contributed by atoms with Crippen molar-refractivity contribution in [3.05, 3.63) is 118 Å². The lowest BCUT2D eigenvalue weighted by atomic mass is 9.95. The Morgan fingerprint density at radius 3 is 1.54 bits per heavy atom. The van der Waals surface area contributed by atoms with Gasteiger partial charge in [-0.15, -0.1) is 0 Å². The van der Waals surface area contributed by atoms with E-state index in [-0.39, 0.29) is 16.7 Å². The van der Waals surface area contributed by atoms with Gasteiger partial charge in [-0.1, -0.05) is 66.4 Å². The van der Waals surface area contributed by atoms with Crippen LogP contribution in [0.25, 0.3) is 10.8 Å². The molecule has 0 saturated carbocycles. The van der Waals surface area contributed by atoms with E-state index >= 15 is 0 Å². The number of ether oxygens (including phenoxy) is 2. The smallest absolute Gasteiger partial charge is 0.338 e. The van der Waals surface area contributed by atoms with Crippen molar-refractivity contribution in [3.8, 4) is 0 Å². The van der Waals surface area contributed by atoms with E-state index < -0.39 is 34.7 Å². The summed E-state index contributed by atoms with van der Waals surface area (Å²) in [5, 5.41) is 2.60. The van der Waals surface area contributed by atoms with Gasteiger partial charge in [0.25, 0.3) is 0 Å². The Balaban J connectivity index is 1.59. The van der Waals surface area contributed by atoms with Crippen molar-refractivity contribution in [2.45, 2.75) is 64.6 Å². The van der Waals surface area contributed by atoms with Gasteiger partial charge in [0.2, 0.25) is 0 Å². The molecule has 5 rings (SSSR count). The zero-order valence-corrected chi connectivity index (χ0v) is 27.9. The maximum atomic E-state index is 14.4. The number of allylic oxidation sites excluding steroid dienone is 1. The zero-order chi connectivity index (χ0) is 33.4. The molecule has 4 aromatic rings. The average molecular weight is 636 g/mol. The second-order valence-corrected chi connectivity index (χ2v) is 14.0. The van der Waals surface area contributed by atoms with Crippen LogP contribution in [0, 0.1) is 0 Å². The van der Waals surface area contributed by atoms with Crippen LogP contribution >= 0.6 is 11.8 Å². The second kappa shape index (κ2) is 12.6. The summed E-state index contributed by atoms with van der Waals surface area (Å²) in [5.41, 5.74) is 0.718. The predicted molar refractivity (Wildman–Crippen MR) is 182 cm³/mol. The predicted octanol–water partition coefficient (Wildman–Crippen LogP) is 8.66. The van der Waals surface area contributed by atoms with E-state index in [9.17, 15) is 19.2 Å². The molecule has 0 unspecified atom stereocenters. The lowest BCUT2D eigenvalue weighted by molar-refractivity contribution is 0.00570. The Labute approximate surface area is 273 Å². The summed E-state index contributed by atoms with van der Waals surface area (Å²) in [7, 11) is 0. The lowest BCUT2D eigenvalue weighted by Gasteiger charge is -2.22. The van der Waals surface area contributed by atoms with Crippen LogP contribution in [0.5, 0.6) is 0 Å². The van der Waals surface area contributed by atoms with Gasteiger partial charge >= 0.3 is 11.9 Å². The topological polar surface area (TPSA) is 90.0 Å². The minimum Gasteiger partial charge on any atom is -0.456 e. The Bertz CT molecular complexity index is 1790. The van der Waals surface area contributed by atoms with E-state index in [1.807, 2.05) is 48.2 Å². The molecule has 1 aliphatic rings. The third-order valence-corrected chi connectivity index (χ3v) is 8.30. The maximum absolute atomic E-state index is 14.4. The summed E-state index contributed by atoms with van der Waals surface area (Å²) in [5.74, 6) is -1.96. The molecule has 7 nitrogen and oxygen atoms in total. The highest BCUT2D eigenvalue weighted by molar-refractivity contribution is 8.03. The van der Waals surface area contributed by atoms with Crippen molar-refractivity contribution >= 4 is 51.7 Å². The van der Waals surface area contributed by atoms with Crippen molar-refractivity contribution in [1.29, 1.82) is 0 Å². The molecule has 46 heavy (non-hydrogen) atoms. The Morgan fingerprint density at radius 1 is 0.630 bits per heavy atom. The van der Waals surface area contributed by atoms with Gasteiger partial charge in [-0.3, -0.25) is 9.59 Å². The van der Waals surface area contributed by atoms with Crippen molar-refractivity contribution in [2.24, 2.45) is 0 Å². The van der Waals surface area contributed by atoms with Crippen LogP contribution in [0.4, 0.5) is 5.69 Å². The molecule has 0 bridgehead atoms. The van der Waals surface area contributed by atoms with Crippen molar-refractivity contribution in [3.63, 3.8) is 0 Å². The molecule has 0 radical (unpaired) electrons. The van der Waals surface area contributed by atoms with Gasteiger partial charge in [-0.25, -0.2) is 9.59 Å². The van der Waals surface area contributed by atoms with E-state index in [0.29, 0.717) is 22.7 Å². The summed E-state index contributed by atoms with van der Waals surface area (Å²) in [6.45, 7) is 13.2. The third-order valence-electron chi connectivity index (χ3n) is 7.13. The molecule has 0 amide bonds. The quantitative estimate of drug-likeness (QED) is 0.0655. The number of anilines is 1. The fraction of sp³-hybridized carbons (Fsp3) is 0.263. The first-order valence-electron chi connectivity index (χ1n) is 15.1. The van der Waals surface area contributed by atoms with Crippen LogP contribution in [0.15, 0.2) is 100 Å². The van der Waals surface area contributed by atoms with E-state index in [1.165, 1.54) is 36.0 Å². The summed E-state index contributed by atoms with van der Waals surface area (Å²) >= 11 is 1.38. The van der Waals surface area contributed by atoms with Crippen molar-refractivity contribution in [2.75, 3.05) is 11.4 Å². The number of esters is 2. The molecule has 1 heterocycles. The van der Waals surface area contributed by atoms with Gasteiger partial charge in [0.1, 0.15) is 16.8 Å². The largest absolute Gasteiger partial charge is 0.456 e. The van der Waals surface area contributed by atoms with Gasteiger partial charge in [0.05, 0.1) is 21.8 Å². The van der Waals surface area contributed by atoms with Gasteiger partial charge < -0.3 is 14.4 Å². The molecular weight excluding hydrogens is 598 g/mol. The standard InChI is InChI=1S/C38H37NO6S/c1-8-39-31-28-12-10-9-11-23(28)21-22-29(31)46-34(39)30(32(40)24-13-17-26(18-14-24)35(42)44-37(2,3)4)33(41)25-15-19-27(20-16-25)36(43)45-38(5,6)7/h9-22H,8H2,1-7H3. The number of nitrogens with zero attached hydrogens (tertiary/aromatic N) is 1. The highest BCUT2D eigenvalue weighted by Crippen LogP contribution is 2.51. The fourth-order valence-electron chi connectivity index (χ4n) is 5.12. The van der Waals surface area contributed by atoms with E-state index in [4.69, 9.17) is 9.47 Å². The number of hydrogen-bond acceptors (Lipinski definition) is 8. The monoisotopic (exact) mass is 635 g/mol. The van der Waals surface area contributed by atoms with Gasteiger partial charge in [0.15, 0.2) is 11.6 Å². The van der Waals surface area contributed by atoms with Crippen LogP contribution in [0.2, 0.25) is 0 Å². The molecule has 0 N–H and O–H groups in total. The number of Topliss-reactive ketones (excluding diaryl/α,β-unsaturated/α-hetero) is 2. The van der Waals surface area contributed by atoms with Crippen LogP contribution < -0.4 is 4.90 Å². The Kier molecular flexibility index (Phi) is 8.96. The third kappa shape index (κ3) is 6.92. The molecule has 0 aliphatic carbocycles. The highest BCUT2D eigenvalue weighted by atomic mass is 32.2. The summed E-state index contributed by atoms with van der Waals surface area (Å²) in [4.78, 5) is 56.9. The van der Waals surface area contributed by atoms with Crippen molar-refractivity contribution in [1.82, 2.24) is 0 Å². The minimum absolute atomic E-state index is 0.00201. The van der Waals surface area contributed by atoms with Gasteiger partial charge in [-0.2, -0.15) is 0 Å². The number of hydrogen-bond donors (Lipinski definition) is 0. The number of fused-ring (bicyclic) bond motifs is 3.